The molecule has 152 valence electrons. The zero-order chi connectivity index (χ0) is 20.8. The van der Waals surface area contributed by atoms with Crippen molar-refractivity contribution in [3.8, 4) is 23.0 Å². The lowest BCUT2D eigenvalue weighted by molar-refractivity contribution is -0.115. The summed E-state index contributed by atoms with van der Waals surface area (Å²) >= 11 is 1.26. The van der Waals surface area contributed by atoms with E-state index in [1.54, 1.807) is 45.6 Å². The van der Waals surface area contributed by atoms with Gasteiger partial charge in [0.1, 0.15) is 17.2 Å². The van der Waals surface area contributed by atoms with E-state index in [0.717, 1.165) is 5.56 Å². The SMILES string of the molecule is CCOc1ccc(/C=C2\SC(=Nc3ccc(OC)cc3OC)NC2=O)cc1OC. The van der Waals surface area contributed by atoms with Crippen molar-refractivity contribution in [2.24, 2.45) is 4.99 Å². The molecule has 7 nitrogen and oxygen atoms in total. The van der Waals surface area contributed by atoms with Crippen molar-refractivity contribution in [3.63, 3.8) is 0 Å². The Bertz CT molecular complexity index is 972. The first-order valence-corrected chi connectivity index (χ1v) is 9.72. The molecule has 2 aromatic rings. The van der Waals surface area contributed by atoms with Gasteiger partial charge >= 0.3 is 0 Å². The summed E-state index contributed by atoms with van der Waals surface area (Å²) in [5, 5.41) is 3.25. The van der Waals surface area contributed by atoms with Crippen LogP contribution in [0.15, 0.2) is 46.3 Å². The number of amides is 1. The standard InChI is InChI=1S/C21H22N2O5S/c1-5-28-16-9-6-13(10-18(16)27-4)11-19-20(24)23-21(29-19)22-15-8-7-14(25-2)12-17(15)26-3/h6-12H,5H2,1-4H3,(H,22,23,24)/b19-11-. The molecule has 0 bridgehead atoms. The van der Waals surface area contributed by atoms with E-state index in [2.05, 4.69) is 10.3 Å². The van der Waals surface area contributed by atoms with Gasteiger partial charge in [-0.15, -0.1) is 0 Å². The van der Waals surface area contributed by atoms with Crippen molar-refractivity contribution in [1.82, 2.24) is 5.32 Å². The summed E-state index contributed by atoms with van der Waals surface area (Å²) in [5.74, 6) is 2.28. The van der Waals surface area contributed by atoms with Crippen LogP contribution in [-0.4, -0.2) is 39.0 Å². The second-order valence-corrected chi connectivity index (χ2v) is 6.89. The minimum atomic E-state index is -0.214. The number of thioether (sulfide) groups is 1. The topological polar surface area (TPSA) is 78.4 Å². The fourth-order valence-corrected chi connectivity index (χ4v) is 3.50. The number of amidine groups is 1. The van der Waals surface area contributed by atoms with E-state index in [0.29, 0.717) is 45.4 Å². The van der Waals surface area contributed by atoms with Gasteiger partial charge in [0.2, 0.25) is 0 Å². The Hall–Kier alpha value is -3.13. The lowest BCUT2D eigenvalue weighted by atomic mass is 10.2. The maximum atomic E-state index is 12.4. The molecule has 0 unspecified atom stereocenters. The molecule has 1 aliphatic heterocycles. The molecule has 0 saturated carbocycles. The average Bonchev–Trinajstić information content (AvgIpc) is 3.08. The van der Waals surface area contributed by atoms with Crippen LogP contribution in [-0.2, 0) is 4.79 Å². The van der Waals surface area contributed by atoms with E-state index in [9.17, 15) is 4.79 Å². The molecule has 0 spiro atoms. The van der Waals surface area contributed by atoms with Crippen LogP contribution in [0, 0.1) is 0 Å². The highest BCUT2D eigenvalue weighted by atomic mass is 32.2. The van der Waals surface area contributed by atoms with Crippen LogP contribution >= 0.6 is 11.8 Å². The van der Waals surface area contributed by atoms with Gasteiger partial charge in [-0.05, 0) is 54.6 Å². The van der Waals surface area contributed by atoms with E-state index < -0.39 is 0 Å². The van der Waals surface area contributed by atoms with Gasteiger partial charge in [-0.25, -0.2) is 4.99 Å². The quantitative estimate of drug-likeness (QED) is 0.690. The van der Waals surface area contributed by atoms with Crippen LogP contribution in [0.25, 0.3) is 6.08 Å². The maximum Gasteiger partial charge on any atom is 0.264 e. The number of methoxy groups -OCH3 is 3. The number of aliphatic imine (C=N–C) groups is 1. The molecule has 3 rings (SSSR count). The maximum absolute atomic E-state index is 12.4. The number of carbonyl (C=O) groups is 1. The van der Waals surface area contributed by atoms with E-state index >= 15 is 0 Å². The predicted octanol–water partition coefficient (Wildman–Crippen LogP) is 4.00. The number of hydrogen-bond acceptors (Lipinski definition) is 7. The number of nitrogens with zero attached hydrogens (tertiary/aromatic N) is 1. The smallest absolute Gasteiger partial charge is 0.264 e. The van der Waals surface area contributed by atoms with Crippen LogP contribution in [0.3, 0.4) is 0 Å². The molecule has 0 atom stereocenters. The fourth-order valence-electron chi connectivity index (χ4n) is 2.67. The van der Waals surface area contributed by atoms with Crippen LogP contribution in [0.4, 0.5) is 5.69 Å². The summed E-state index contributed by atoms with van der Waals surface area (Å²) in [4.78, 5) is 17.4. The van der Waals surface area contributed by atoms with Gasteiger partial charge in [0, 0.05) is 6.07 Å². The lowest BCUT2D eigenvalue weighted by Crippen LogP contribution is -2.19. The Labute approximate surface area is 173 Å². The van der Waals surface area contributed by atoms with Crippen molar-refractivity contribution < 1.29 is 23.7 Å². The van der Waals surface area contributed by atoms with Gasteiger partial charge in [0.05, 0.1) is 32.8 Å². The summed E-state index contributed by atoms with van der Waals surface area (Å²) in [6.45, 7) is 2.46. The average molecular weight is 414 g/mol. The number of ether oxygens (including phenoxy) is 4. The minimum Gasteiger partial charge on any atom is -0.497 e. The highest BCUT2D eigenvalue weighted by molar-refractivity contribution is 8.18. The molecule has 1 saturated heterocycles. The van der Waals surface area contributed by atoms with Gasteiger partial charge in [-0.1, -0.05) is 6.07 Å². The third kappa shape index (κ3) is 4.83. The molecule has 0 aliphatic carbocycles. The Kier molecular flexibility index (Phi) is 6.66. The summed E-state index contributed by atoms with van der Waals surface area (Å²) in [6.07, 6.45) is 1.78. The first-order valence-electron chi connectivity index (χ1n) is 8.90. The van der Waals surface area contributed by atoms with Crippen molar-refractivity contribution in [2.75, 3.05) is 27.9 Å². The molecule has 1 N–H and O–H groups in total. The first-order chi connectivity index (χ1) is 14.1. The molecular formula is C21H22N2O5S. The van der Waals surface area contributed by atoms with Crippen molar-refractivity contribution in [1.29, 1.82) is 0 Å². The number of carbonyl (C=O) groups excluding carboxylic acids is 1. The summed E-state index contributed by atoms with van der Waals surface area (Å²) in [6, 6.07) is 10.8. The van der Waals surface area contributed by atoms with E-state index in [1.807, 2.05) is 25.1 Å². The second-order valence-electron chi connectivity index (χ2n) is 5.86. The van der Waals surface area contributed by atoms with Gasteiger partial charge in [-0.3, -0.25) is 4.79 Å². The fraction of sp³-hybridized carbons (Fsp3) is 0.238. The molecule has 1 heterocycles. The zero-order valence-electron chi connectivity index (χ0n) is 16.6. The number of hydrogen-bond donors (Lipinski definition) is 1. The minimum absolute atomic E-state index is 0.214. The van der Waals surface area contributed by atoms with E-state index in [4.69, 9.17) is 18.9 Å². The highest BCUT2D eigenvalue weighted by Gasteiger charge is 2.24. The van der Waals surface area contributed by atoms with Gasteiger partial charge in [0.25, 0.3) is 5.91 Å². The third-order valence-electron chi connectivity index (χ3n) is 4.05. The number of nitrogens with one attached hydrogen (secondary N) is 1. The number of benzene rings is 2. The summed E-state index contributed by atoms with van der Waals surface area (Å²) in [5.41, 5.74) is 1.42. The van der Waals surface area contributed by atoms with Crippen LogP contribution in [0.5, 0.6) is 23.0 Å². The highest BCUT2D eigenvalue weighted by Crippen LogP contribution is 2.35. The largest absolute Gasteiger partial charge is 0.497 e. The third-order valence-corrected chi connectivity index (χ3v) is 4.95. The van der Waals surface area contributed by atoms with Crippen LogP contribution in [0.2, 0.25) is 0 Å². The van der Waals surface area contributed by atoms with Crippen molar-refractivity contribution in [2.45, 2.75) is 6.92 Å². The molecule has 29 heavy (non-hydrogen) atoms. The first kappa shape index (κ1) is 20.6. The molecule has 1 aliphatic rings. The normalized spacial score (nSPS) is 16.1. The van der Waals surface area contributed by atoms with Crippen LogP contribution < -0.4 is 24.3 Å². The summed E-state index contributed by atoms with van der Waals surface area (Å²) < 4.78 is 21.4. The lowest BCUT2D eigenvalue weighted by Gasteiger charge is -2.09. The van der Waals surface area contributed by atoms with Crippen molar-refractivity contribution in [3.05, 3.63) is 46.9 Å². The van der Waals surface area contributed by atoms with E-state index in [1.165, 1.54) is 11.8 Å². The van der Waals surface area contributed by atoms with Crippen LogP contribution in [0.1, 0.15) is 12.5 Å². The zero-order valence-corrected chi connectivity index (χ0v) is 17.5. The van der Waals surface area contributed by atoms with Gasteiger partial charge in [-0.2, -0.15) is 0 Å². The predicted molar refractivity (Wildman–Crippen MR) is 115 cm³/mol. The second kappa shape index (κ2) is 9.38. The molecule has 0 radical (unpaired) electrons. The van der Waals surface area contributed by atoms with Gasteiger partial charge in [0.15, 0.2) is 16.7 Å². The Balaban J connectivity index is 1.84. The molecule has 2 aromatic carbocycles. The summed E-state index contributed by atoms with van der Waals surface area (Å²) in [7, 11) is 4.72. The molecule has 1 amide bonds. The van der Waals surface area contributed by atoms with Gasteiger partial charge < -0.3 is 24.3 Å². The molecule has 8 heteroatoms. The number of rotatable bonds is 7. The van der Waals surface area contributed by atoms with Crippen molar-refractivity contribution >= 4 is 34.6 Å². The molecule has 0 aromatic heterocycles. The Morgan fingerprint density at radius 2 is 1.79 bits per heavy atom. The molecule has 1 fully saturated rings. The van der Waals surface area contributed by atoms with E-state index in [-0.39, 0.29) is 5.91 Å². The Morgan fingerprint density at radius 3 is 2.48 bits per heavy atom. The molecular weight excluding hydrogens is 392 g/mol. The Morgan fingerprint density at radius 1 is 1.00 bits per heavy atom. The monoisotopic (exact) mass is 414 g/mol.